The summed E-state index contributed by atoms with van der Waals surface area (Å²) in [5, 5.41) is 7.84. The molecule has 224 valence electrons. The Labute approximate surface area is 281 Å². The van der Waals surface area contributed by atoms with Crippen molar-refractivity contribution in [2.24, 2.45) is 0 Å². The van der Waals surface area contributed by atoms with Gasteiger partial charge in [0, 0.05) is 5.92 Å². The molecule has 0 saturated carbocycles. The summed E-state index contributed by atoms with van der Waals surface area (Å²) < 4.78 is 0. The van der Waals surface area contributed by atoms with Crippen molar-refractivity contribution >= 4 is 43.5 Å². The van der Waals surface area contributed by atoms with E-state index in [-0.39, 0.29) is 5.92 Å². The van der Waals surface area contributed by atoms with Gasteiger partial charge in [-0.2, -0.15) is 0 Å². The van der Waals surface area contributed by atoms with Gasteiger partial charge in [0.25, 0.3) is 0 Å². The van der Waals surface area contributed by atoms with Crippen LogP contribution in [0.4, 0.5) is 0 Å². The number of hydrogen-bond acceptors (Lipinski definition) is 0. The van der Waals surface area contributed by atoms with Gasteiger partial charge in [0.2, 0.25) is 0 Å². The fourth-order valence-corrected chi connectivity index (χ4v) is 8.28. The molecule has 1 unspecified atom stereocenters. The van der Waals surface area contributed by atoms with E-state index in [0.29, 0.717) is 0 Å². The molecule has 48 heavy (non-hydrogen) atoms. The molecule has 0 heterocycles. The smallest absolute Gasteiger partial charge is 0.0282 e. The maximum Gasteiger partial charge on any atom is 0.0282 e. The Bertz CT molecular complexity index is 2620. The molecule has 8 aromatic carbocycles. The molecule has 0 fully saturated rings. The van der Waals surface area contributed by atoms with Crippen LogP contribution in [0.1, 0.15) is 33.7 Å². The van der Waals surface area contributed by atoms with Crippen molar-refractivity contribution in [2.45, 2.75) is 12.3 Å². The topological polar surface area (TPSA) is 0 Å². The first-order valence-corrected chi connectivity index (χ1v) is 16.9. The summed E-state index contributed by atoms with van der Waals surface area (Å²) in [7, 11) is 0. The van der Waals surface area contributed by atoms with E-state index in [0.717, 1.165) is 6.42 Å². The van der Waals surface area contributed by atoms with Gasteiger partial charge < -0.3 is 0 Å². The summed E-state index contributed by atoms with van der Waals surface area (Å²) in [4.78, 5) is 0. The van der Waals surface area contributed by atoms with Crippen molar-refractivity contribution in [1.29, 1.82) is 0 Å². The molecule has 0 N–H and O–H groups in total. The Hall–Kier alpha value is -5.98. The maximum absolute atomic E-state index is 2.53. The molecule has 10 rings (SSSR count). The Balaban J connectivity index is 1.29. The Morgan fingerprint density at radius 2 is 1.08 bits per heavy atom. The predicted molar refractivity (Wildman–Crippen MR) is 204 cm³/mol. The summed E-state index contributed by atoms with van der Waals surface area (Å²) >= 11 is 0. The van der Waals surface area contributed by atoms with Crippen molar-refractivity contribution in [2.75, 3.05) is 0 Å². The van der Waals surface area contributed by atoms with E-state index in [9.17, 15) is 0 Å². The van der Waals surface area contributed by atoms with Gasteiger partial charge in [0.05, 0.1) is 0 Å². The van der Waals surface area contributed by atoms with E-state index in [1.807, 2.05) is 0 Å². The standard InChI is InChI=1S/C48H32/c1-3-13-33(14-4-1)43-29-45(37-21-19-31-11-7-9-17-35(31)27-37)41-26-24-40-44(34-15-5-2-6-16-34)30-46(42-25-23-39(43)47(41)48(40)42)38-22-20-32-12-8-10-18-36(32)28-38/h1-23,25-30,45H,24H2. The number of hydrogen-bond donors (Lipinski definition) is 0. The van der Waals surface area contributed by atoms with Crippen molar-refractivity contribution in [3.63, 3.8) is 0 Å². The van der Waals surface area contributed by atoms with Crippen LogP contribution >= 0.6 is 0 Å². The largest absolute Gasteiger partial charge is 0.0753 e. The van der Waals surface area contributed by atoms with E-state index in [1.54, 1.807) is 0 Å². The van der Waals surface area contributed by atoms with Crippen molar-refractivity contribution < 1.29 is 0 Å². The predicted octanol–water partition coefficient (Wildman–Crippen LogP) is 12.6. The first-order chi connectivity index (χ1) is 23.8. The summed E-state index contributed by atoms with van der Waals surface area (Å²) in [5.41, 5.74) is 14.6. The van der Waals surface area contributed by atoms with Gasteiger partial charge in [0.1, 0.15) is 0 Å². The fraction of sp³-hybridized carbons (Fsp3) is 0.0417. The van der Waals surface area contributed by atoms with Crippen molar-refractivity contribution in [3.05, 3.63) is 204 Å². The molecule has 0 heteroatoms. The van der Waals surface area contributed by atoms with E-state index in [4.69, 9.17) is 0 Å². The van der Waals surface area contributed by atoms with Crippen LogP contribution < -0.4 is 0 Å². The molecule has 2 aliphatic carbocycles. The molecule has 0 saturated heterocycles. The lowest BCUT2D eigenvalue weighted by molar-refractivity contribution is 1.07. The quantitative estimate of drug-likeness (QED) is 0.186. The van der Waals surface area contributed by atoms with Gasteiger partial charge in [0.15, 0.2) is 0 Å². The lowest BCUT2D eigenvalue weighted by Crippen LogP contribution is -2.14. The molecular weight excluding hydrogens is 577 g/mol. The van der Waals surface area contributed by atoms with Gasteiger partial charge >= 0.3 is 0 Å². The summed E-state index contributed by atoms with van der Waals surface area (Å²) in [6.45, 7) is 0. The average molecular weight is 609 g/mol. The number of rotatable bonds is 4. The van der Waals surface area contributed by atoms with E-state index >= 15 is 0 Å². The monoisotopic (exact) mass is 608 g/mol. The second-order valence-electron chi connectivity index (χ2n) is 13.2. The van der Waals surface area contributed by atoms with Gasteiger partial charge in [-0.3, -0.25) is 0 Å². The van der Waals surface area contributed by atoms with Crippen LogP contribution in [0, 0.1) is 0 Å². The van der Waals surface area contributed by atoms with Gasteiger partial charge in [-0.15, -0.1) is 0 Å². The van der Waals surface area contributed by atoms with Gasteiger partial charge in [-0.25, -0.2) is 0 Å². The molecule has 0 amide bonds. The molecule has 0 spiro atoms. The molecule has 8 aromatic rings. The van der Waals surface area contributed by atoms with Crippen LogP contribution in [0.2, 0.25) is 0 Å². The number of fused-ring (bicyclic) bond motifs is 2. The molecule has 0 aromatic heterocycles. The van der Waals surface area contributed by atoms with Crippen molar-refractivity contribution in [1.82, 2.24) is 0 Å². The Kier molecular flexibility index (Phi) is 6.11. The third kappa shape index (κ3) is 4.23. The maximum atomic E-state index is 2.53. The second kappa shape index (κ2) is 10.8. The first kappa shape index (κ1) is 27.2. The zero-order chi connectivity index (χ0) is 31.6. The number of allylic oxidation sites excluding steroid dienone is 3. The molecular formula is C48H32. The van der Waals surface area contributed by atoms with E-state index < -0.39 is 0 Å². The number of benzene rings is 8. The van der Waals surface area contributed by atoms with Crippen LogP contribution in [-0.4, -0.2) is 0 Å². The van der Waals surface area contributed by atoms with E-state index in [2.05, 4.69) is 176 Å². The van der Waals surface area contributed by atoms with Crippen LogP contribution in [0.3, 0.4) is 0 Å². The third-order valence-electron chi connectivity index (χ3n) is 10.5. The molecule has 0 nitrogen and oxygen atoms in total. The highest BCUT2D eigenvalue weighted by Gasteiger charge is 2.32. The molecule has 2 aliphatic rings. The van der Waals surface area contributed by atoms with Gasteiger partial charge in [-0.1, -0.05) is 164 Å². The molecule has 1 atom stereocenters. The lowest BCUT2D eigenvalue weighted by atomic mass is 9.69. The first-order valence-electron chi connectivity index (χ1n) is 16.9. The zero-order valence-electron chi connectivity index (χ0n) is 26.5. The summed E-state index contributed by atoms with van der Waals surface area (Å²) in [5.74, 6) is 0.153. The minimum absolute atomic E-state index is 0.153. The van der Waals surface area contributed by atoms with Crippen LogP contribution in [0.15, 0.2) is 176 Å². The van der Waals surface area contributed by atoms with E-state index in [1.165, 1.54) is 93.5 Å². The van der Waals surface area contributed by atoms with Crippen LogP contribution in [0.25, 0.3) is 65.7 Å². The Morgan fingerprint density at radius 3 is 1.83 bits per heavy atom. The minimum Gasteiger partial charge on any atom is -0.0753 e. The van der Waals surface area contributed by atoms with Crippen LogP contribution in [-0.2, 0) is 6.42 Å². The third-order valence-corrected chi connectivity index (χ3v) is 10.5. The highest BCUT2D eigenvalue weighted by molar-refractivity contribution is 6.14. The Morgan fingerprint density at radius 1 is 0.438 bits per heavy atom. The normalized spacial score (nSPS) is 15.0. The SMILES string of the molecule is C1=C(c2ccccc2)c2ccc3c(-c4ccc5ccccc5c4)cc(-c4ccccc4)c4c3c2C(=CC4)C1c1ccc2ccccc2c1. The fourth-order valence-electron chi connectivity index (χ4n) is 8.28. The lowest BCUT2D eigenvalue weighted by Gasteiger charge is -2.34. The van der Waals surface area contributed by atoms with Crippen molar-refractivity contribution in [3.8, 4) is 22.3 Å². The summed E-state index contributed by atoms with van der Waals surface area (Å²) in [6.07, 6.45) is 5.96. The van der Waals surface area contributed by atoms with Crippen LogP contribution in [0.5, 0.6) is 0 Å². The molecule has 0 aliphatic heterocycles. The second-order valence-corrected chi connectivity index (χ2v) is 13.2. The highest BCUT2D eigenvalue weighted by atomic mass is 14.4. The zero-order valence-corrected chi connectivity index (χ0v) is 26.5. The minimum atomic E-state index is 0.153. The highest BCUT2D eigenvalue weighted by Crippen LogP contribution is 2.53. The molecule has 0 bridgehead atoms. The van der Waals surface area contributed by atoms with Gasteiger partial charge in [-0.05, 0) is 112 Å². The summed E-state index contributed by atoms with van der Waals surface area (Å²) in [6, 6.07) is 60.6. The average Bonchev–Trinajstić information content (AvgIpc) is 3.16. The molecule has 0 radical (unpaired) electrons.